The van der Waals surface area contributed by atoms with E-state index in [9.17, 15) is 4.79 Å². The SMILES string of the molecule is COC(=O)c1cc(C)n(Cc2cccnc2)c1C. The highest BCUT2D eigenvalue weighted by Gasteiger charge is 2.15. The van der Waals surface area contributed by atoms with Crippen LogP contribution in [0.2, 0.25) is 0 Å². The zero-order valence-corrected chi connectivity index (χ0v) is 10.8. The van der Waals surface area contributed by atoms with Gasteiger partial charge in [0.25, 0.3) is 0 Å². The minimum absolute atomic E-state index is 0.291. The lowest BCUT2D eigenvalue weighted by atomic mass is 10.2. The molecule has 2 rings (SSSR count). The number of nitrogens with zero attached hydrogens (tertiary/aromatic N) is 2. The van der Waals surface area contributed by atoms with Crippen LogP contribution in [0.3, 0.4) is 0 Å². The van der Waals surface area contributed by atoms with Gasteiger partial charge in [0.05, 0.1) is 12.7 Å². The van der Waals surface area contributed by atoms with Gasteiger partial charge in [-0.25, -0.2) is 4.79 Å². The summed E-state index contributed by atoms with van der Waals surface area (Å²) in [5, 5.41) is 0. The zero-order chi connectivity index (χ0) is 13.1. The predicted octanol–water partition coefficient (Wildman–Crippen LogP) is 2.33. The van der Waals surface area contributed by atoms with Crippen LogP contribution >= 0.6 is 0 Å². The Labute approximate surface area is 106 Å². The van der Waals surface area contributed by atoms with Crippen molar-refractivity contribution in [1.82, 2.24) is 9.55 Å². The van der Waals surface area contributed by atoms with Gasteiger partial charge in [-0.15, -0.1) is 0 Å². The molecule has 2 aromatic heterocycles. The number of methoxy groups -OCH3 is 1. The van der Waals surface area contributed by atoms with Crippen molar-refractivity contribution in [3.8, 4) is 0 Å². The summed E-state index contributed by atoms with van der Waals surface area (Å²) in [6, 6.07) is 5.78. The Morgan fingerprint density at radius 2 is 2.22 bits per heavy atom. The van der Waals surface area contributed by atoms with Crippen molar-refractivity contribution < 1.29 is 9.53 Å². The fourth-order valence-electron chi connectivity index (χ4n) is 2.04. The molecule has 0 aliphatic rings. The zero-order valence-electron chi connectivity index (χ0n) is 10.8. The predicted molar refractivity (Wildman–Crippen MR) is 68.6 cm³/mol. The van der Waals surface area contributed by atoms with Crippen molar-refractivity contribution in [1.29, 1.82) is 0 Å². The van der Waals surface area contributed by atoms with Crippen LogP contribution < -0.4 is 0 Å². The number of aromatic nitrogens is 2. The van der Waals surface area contributed by atoms with Gasteiger partial charge in [0.1, 0.15) is 0 Å². The Kier molecular flexibility index (Phi) is 3.46. The number of aryl methyl sites for hydroxylation is 1. The van der Waals surface area contributed by atoms with Gasteiger partial charge in [0, 0.05) is 30.3 Å². The molecule has 0 bridgehead atoms. The summed E-state index contributed by atoms with van der Waals surface area (Å²) in [4.78, 5) is 15.7. The molecular weight excluding hydrogens is 228 g/mol. The molecule has 0 saturated carbocycles. The molecule has 0 aromatic carbocycles. The molecule has 0 unspecified atom stereocenters. The third-order valence-corrected chi connectivity index (χ3v) is 3.04. The Balaban J connectivity index is 2.34. The molecule has 18 heavy (non-hydrogen) atoms. The van der Waals surface area contributed by atoms with E-state index in [1.807, 2.05) is 38.2 Å². The van der Waals surface area contributed by atoms with Crippen LogP contribution in [-0.4, -0.2) is 22.6 Å². The average Bonchev–Trinajstić information content (AvgIpc) is 2.67. The molecule has 2 aromatic rings. The maximum Gasteiger partial charge on any atom is 0.339 e. The van der Waals surface area contributed by atoms with E-state index in [1.54, 1.807) is 6.20 Å². The largest absolute Gasteiger partial charge is 0.465 e. The molecule has 4 heteroatoms. The fraction of sp³-hybridized carbons (Fsp3) is 0.286. The van der Waals surface area contributed by atoms with E-state index < -0.39 is 0 Å². The summed E-state index contributed by atoms with van der Waals surface area (Å²) in [5.74, 6) is -0.291. The lowest BCUT2D eigenvalue weighted by Gasteiger charge is -2.09. The number of ether oxygens (including phenoxy) is 1. The molecule has 0 saturated heterocycles. The Bertz CT molecular complexity index is 559. The normalized spacial score (nSPS) is 10.4. The van der Waals surface area contributed by atoms with Crippen LogP contribution in [0.5, 0.6) is 0 Å². The lowest BCUT2D eigenvalue weighted by Crippen LogP contribution is -2.07. The van der Waals surface area contributed by atoms with Crippen LogP contribution in [0.25, 0.3) is 0 Å². The van der Waals surface area contributed by atoms with E-state index in [1.165, 1.54) is 7.11 Å². The van der Waals surface area contributed by atoms with E-state index in [0.29, 0.717) is 12.1 Å². The second-order valence-electron chi connectivity index (χ2n) is 4.22. The molecular formula is C14H16N2O2. The highest BCUT2D eigenvalue weighted by atomic mass is 16.5. The molecule has 0 aliphatic heterocycles. The molecule has 0 N–H and O–H groups in total. The maximum atomic E-state index is 11.6. The fourth-order valence-corrected chi connectivity index (χ4v) is 2.04. The summed E-state index contributed by atoms with van der Waals surface area (Å²) < 4.78 is 6.86. The standard InChI is InChI=1S/C14H16N2O2/c1-10-7-13(14(17)18-3)11(2)16(10)9-12-5-4-6-15-8-12/h4-8H,9H2,1-3H3. The lowest BCUT2D eigenvalue weighted by molar-refractivity contribution is 0.0600. The van der Waals surface area contributed by atoms with Crippen LogP contribution in [0.15, 0.2) is 30.6 Å². The minimum atomic E-state index is -0.291. The summed E-state index contributed by atoms with van der Waals surface area (Å²) in [5.41, 5.74) is 3.69. The number of hydrogen-bond donors (Lipinski definition) is 0. The van der Waals surface area contributed by atoms with Gasteiger partial charge in [-0.3, -0.25) is 4.98 Å². The molecule has 4 nitrogen and oxygen atoms in total. The van der Waals surface area contributed by atoms with Crippen molar-refractivity contribution in [2.24, 2.45) is 0 Å². The number of rotatable bonds is 3. The van der Waals surface area contributed by atoms with Gasteiger partial charge >= 0.3 is 5.97 Å². The summed E-state index contributed by atoms with van der Waals surface area (Å²) in [7, 11) is 1.40. The first-order chi connectivity index (χ1) is 8.63. The van der Waals surface area contributed by atoms with Gasteiger partial charge in [-0.1, -0.05) is 6.07 Å². The highest BCUT2D eigenvalue weighted by molar-refractivity contribution is 5.91. The Hall–Kier alpha value is -2.10. The molecule has 2 heterocycles. The molecule has 0 amide bonds. The highest BCUT2D eigenvalue weighted by Crippen LogP contribution is 2.17. The van der Waals surface area contributed by atoms with E-state index in [0.717, 1.165) is 17.0 Å². The number of carbonyl (C=O) groups is 1. The number of carbonyl (C=O) groups excluding carboxylic acids is 1. The molecule has 0 radical (unpaired) electrons. The van der Waals surface area contributed by atoms with E-state index in [2.05, 4.69) is 9.55 Å². The van der Waals surface area contributed by atoms with Crippen molar-refractivity contribution in [2.75, 3.05) is 7.11 Å². The molecule has 94 valence electrons. The first-order valence-electron chi connectivity index (χ1n) is 5.77. The maximum absolute atomic E-state index is 11.6. The summed E-state index contributed by atoms with van der Waals surface area (Å²) >= 11 is 0. The van der Waals surface area contributed by atoms with Crippen LogP contribution in [0.1, 0.15) is 27.3 Å². The Morgan fingerprint density at radius 1 is 1.44 bits per heavy atom. The first-order valence-corrected chi connectivity index (χ1v) is 5.77. The van der Waals surface area contributed by atoms with Crippen LogP contribution in [-0.2, 0) is 11.3 Å². The number of esters is 1. The van der Waals surface area contributed by atoms with Crippen molar-refractivity contribution >= 4 is 5.97 Å². The van der Waals surface area contributed by atoms with Crippen molar-refractivity contribution in [3.63, 3.8) is 0 Å². The monoisotopic (exact) mass is 244 g/mol. The van der Waals surface area contributed by atoms with Gasteiger partial charge in [0.15, 0.2) is 0 Å². The third-order valence-electron chi connectivity index (χ3n) is 3.04. The quantitative estimate of drug-likeness (QED) is 0.778. The second kappa shape index (κ2) is 5.04. The van der Waals surface area contributed by atoms with E-state index in [-0.39, 0.29) is 5.97 Å². The van der Waals surface area contributed by atoms with Gasteiger partial charge in [-0.2, -0.15) is 0 Å². The van der Waals surface area contributed by atoms with Gasteiger partial charge < -0.3 is 9.30 Å². The average molecular weight is 244 g/mol. The number of hydrogen-bond acceptors (Lipinski definition) is 3. The van der Waals surface area contributed by atoms with Crippen LogP contribution in [0, 0.1) is 13.8 Å². The second-order valence-corrected chi connectivity index (χ2v) is 4.22. The van der Waals surface area contributed by atoms with Gasteiger partial charge in [-0.05, 0) is 31.5 Å². The van der Waals surface area contributed by atoms with E-state index >= 15 is 0 Å². The number of pyridine rings is 1. The Morgan fingerprint density at radius 3 is 2.83 bits per heavy atom. The summed E-state index contributed by atoms with van der Waals surface area (Å²) in [6.45, 7) is 4.62. The van der Waals surface area contributed by atoms with E-state index in [4.69, 9.17) is 4.74 Å². The third kappa shape index (κ3) is 2.27. The van der Waals surface area contributed by atoms with Crippen molar-refractivity contribution in [2.45, 2.75) is 20.4 Å². The van der Waals surface area contributed by atoms with Gasteiger partial charge in [0.2, 0.25) is 0 Å². The first kappa shape index (κ1) is 12.4. The molecule has 0 spiro atoms. The summed E-state index contributed by atoms with van der Waals surface area (Å²) in [6.07, 6.45) is 3.58. The van der Waals surface area contributed by atoms with Crippen LogP contribution in [0.4, 0.5) is 0 Å². The minimum Gasteiger partial charge on any atom is -0.465 e. The molecule has 0 atom stereocenters. The molecule has 0 aliphatic carbocycles. The van der Waals surface area contributed by atoms with Crippen molar-refractivity contribution in [3.05, 3.63) is 53.1 Å². The smallest absolute Gasteiger partial charge is 0.339 e. The topological polar surface area (TPSA) is 44.1 Å². The molecule has 0 fully saturated rings.